The predicted molar refractivity (Wildman–Crippen MR) is 66.1 cm³/mol. The van der Waals surface area contributed by atoms with Crippen LogP contribution in [0.3, 0.4) is 0 Å². The van der Waals surface area contributed by atoms with E-state index in [4.69, 9.17) is 22.2 Å². The van der Waals surface area contributed by atoms with Crippen molar-refractivity contribution in [3.05, 3.63) is 16.9 Å². The molecule has 1 atom stereocenters. The van der Waals surface area contributed by atoms with E-state index in [9.17, 15) is 13.2 Å². The van der Waals surface area contributed by atoms with Crippen molar-refractivity contribution in [3.8, 4) is 0 Å². The average molecular weight is 317 g/mol. The van der Waals surface area contributed by atoms with E-state index in [2.05, 4.69) is 15.3 Å². The number of methoxy groups -OCH3 is 1. The van der Waals surface area contributed by atoms with Gasteiger partial charge in [0.05, 0.1) is 42.7 Å². The quantitative estimate of drug-likeness (QED) is 0.558. The number of nitrogens with one attached hydrogen (secondary N) is 1. The molecule has 116 valence electrons. The number of alkyl halides is 3. The molecule has 0 amide bonds. The van der Waals surface area contributed by atoms with Crippen LogP contribution < -0.4 is 11.3 Å². The van der Waals surface area contributed by atoms with Crippen LogP contribution in [0.4, 0.5) is 13.2 Å². The molecular formula is C10H16ClF3N4O2. The second kappa shape index (κ2) is 7.79. The number of nitrogens with zero attached hydrogens (tertiary/aromatic N) is 2. The van der Waals surface area contributed by atoms with Crippen LogP contribution in [0.5, 0.6) is 0 Å². The van der Waals surface area contributed by atoms with Crippen LogP contribution in [0.15, 0.2) is 6.20 Å². The largest absolute Gasteiger partial charge is 0.411 e. The summed E-state index contributed by atoms with van der Waals surface area (Å²) in [4.78, 5) is 0. The minimum Gasteiger partial charge on any atom is -0.383 e. The van der Waals surface area contributed by atoms with Gasteiger partial charge in [-0.25, -0.2) is 5.43 Å². The van der Waals surface area contributed by atoms with Crippen LogP contribution in [0.1, 0.15) is 11.7 Å². The van der Waals surface area contributed by atoms with Gasteiger partial charge in [-0.15, -0.1) is 0 Å². The van der Waals surface area contributed by atoms with E-state index in [1.807, 2.05) is 0 Å². The molecule has 0 aromatic carbocycles. The molecule has 1 aromatic heterocycles. The molecule has 0 radical (unpaired) electrons. The van der Waals surface area contributed by atoms with Crippen LogP contribution in [0, 0.1) is 0 Å². The van der Waals surface area contributed by atoms with Crippen LogP contribution in [-0.4, -0.2) is 42.9 Å². The molecule has 0 aliphatic rings. The smallest absolute Gasteiger partial charge is 0.383 e. The van der Waals surface area contributed by atoms with Crippen LogP contribution >= 0.6 is 11.6 Å². The number of nitrogens with two attached hydrogens (primary N) is 1. The molecule has 0 bridgehead atoms. The zero-order valence-electron chi connectivity index (χ0n) is 10.8. The van der Waals surface area contributed by atoms with Gasteiger partial charge in [0.2, 0.25) is 0 Å². The molecule has 20 heavy (non-hydrogen) atoms. The third-order valence-electron chi connectivity index (χ3n) is 2.42. The molecule has 0 spiro atoms. The maximum absolute atomic E-state index is 12.0. The maximum Gasteiger partial charge on any atom is 0.411 e. The first-order valence-electron chi connectivity index (χ1n) is 5.69. The van der Waals surface area contributed by atoms with Crippen LogP contribution in [0.25, 0.3) is 0 Å². The SMILES string of the molecule is COCCn1ncc(Cl)c1C(COCC(F)(F)F)NN. The van der Waals surface area contributed by atoms with E-state index in [0.29, 0.717) is 23.9 Å². The number of rotatable bonds is 8. The molecule has 0 aliphatic carbocycles. The minimum absolute atomic E-state index is 0.283. The zero-order valence-corrected chi connectivity index (χ0v) is 11.5. The normalized spacial score (nSPS) is 13.7. The number of hydrogen-bond acceptors (Lipinski definition) is 5. The molecular weight excluding hydrogens is 301 g/mol. The van der Waals surface area contributed by atoms with E-state index in [-0.39, 0.29) is 6.61 Å². The minimum atomic E-state index is -4.39. The molecule has 6 nitrogen and oxygen atoms in total. The van der Waals surface area contributed by atoms with Gasteiger partial charge in [0, 0.05) is 7.11 Å². The van der Waals surface area contributed by atoms with Gasteiger partial charge in [-0.2, -0.15) is 18.3 Å². The second-order valence-corrected chi connectivity index (χ2v) is 4.35. The highest BCUT2D eigenvalue weighted by atomic mass is 35.5. The average Bonchev–Trinajstić information content (AvgIpc) is 2.72. The lowest BCUT2D eigenvalue weighted by Gasteiger charge is -2.19. The molecule has 0 aliphatic heterocycles. The van der Waals surface area contributed by atoms with Gasteiger partial charge in [0.1, 0.15) is 6.61 Å². The number of hydrogen-bond donors (Lipinski definition) is 2. The summed E-state index contributed by atoms with van der Waals surface area (Å²) in [5, 5.41) is 4.30. The van der Waals surface area contributed by atoms with Gasteiger partial charge in [0.15, 0.2) is 0 Å². The fraction of sp³-hybridized carbons (Fsp3) is 0.700. The summed E-state index contributed by atoms with van der Waals surface area (Å²) in [5.41, 5.74) is 2.82. The van der Waals surface area contributed by atoms with Crippen molar-refractivity contribution in [2.75, 3.05) is 26.9 Å². The molecule has 10 heteroatoms. The summed E-state index contributed by atoms with van der Waals surface area (Å²) in [5.74, 6) is 5.34. The molecule has 3 N–H and O–H groups in total. The first-order valence-corrected chi connectivity index (χ1v) is 6.07. The third-order valence-corrected chi connectivity index (χ3v) is 2.71. The molecule has 1 heterocycles. The van der Waals surface area contributed by atoms with Crippen molar-refractivity contribution < 1.29 is 22.6 Å². The second-order valence-electron chi connectivity index (χ2n) is 3.94. The van der Waals surface area contributed by atoms with Crippen LogP contribution in [0.2, 0.25) is 5.02 Å². The molecule has 1 rings (SSSR count). The first-order chi connectivity index (χ1) is 9.39. The Bertz CT molecular complexity index is 414. The van der Waals surface area contributed by atoms with Gasteiger partial charge >= 0.3 is 6.18 Å². The Morgan fingerprint density at radius 3 is 2.80 bits per heavy atom. The fourth-order valence-corrected chi connectivity index (χ4v) is 1.85. The highest BCUT2D eigenvalue weighted by Crippen LogP contribution is 2.23. The van der Waals surface area contributed by atoms with Gasteiger partial charge < -0.3 is 9.47 Å². The van der Waals surface area contributed by atoms with E-state index in [1.54, 1.807) is 0 Å². The van der Waals surface area contributed by atoms with Gasteiger partial charge in [-0.3, -0.25) is 10.5 Å². The lowest BCUT2D eigenvalue weighted by Crippen LogP contribution is -2.34. The Balaban J connectivity index is 2.71. The Kier molecular flexibility index (Phi) is 6.69. The van der Waals surface area contributed by atoms with Gasteiger partial charge in [-0.1, -0.05) is 11.6 Å². The van der Waals surface area contributed by atoms with Gasteiger partial charge in [0.25, 0.3) is 0 Å². The molecule has 0 saturated heterocycles. The summed E-state index contributed by atoms with van der Waals surface area (Å²) < 4.78 is 47.1. The third kappa shape index (κ3) is 5.25. The summed E-state index contributed by atoms with van der Waals surface area (Å²) in [6.07, 6.45) is -3.00. The number of hydrazine groups is 1. The summed E-state index contributed by atoms with van der Waals surface area (Å²) in [6.45, 7) is -0.856. The van der Waals surface area contributed by atoms with Crippen molar-refractivity contribution in [1.82, 2.24) is 15.2 Å². The lowest BCUT2D eigenvalue weighted by molar-refractivity contribution is -0.175. The van der Waals surface area contributed by atoms with Crippen molar-refractivity contribution in [3.63, 3.8) is 0 Å². The monoisotopic (exact) mass is 316 g/mol. The van der Waals surface area contributed by atoms with E-state index < -0.39 is 18.8 Å². The summed E-state index contributed by atoms with van der Waals surface area (Å²) in [6, 6.07) is -0.704. The Morgan fingerprint density at radius 1 is 1.55 bits per heavy atom. The van der Waals surface area contributed by atoms with E-state index >= 15 is 0 Å². The maximum atomic E-state index is 12.0. The molecule has 0 saturated carbocycles. The standard InChI is InChI=1S/C10H16ClF3N4O2/c1-19-3-2-18-9(7(11)4-16-18)8(17-15)5-20-6-10(12,13)14/h4,8,17H,2-3,5-6,15H2,1H3. The topological polar surface area (TPSA) is 74.3 Å². The van der Waals surface area contributed by atoms with Crippen molar-refractivity contribution in [2.24, 2.45) is 5.84 Å². The van der Waals surface area contributed by atoms with E-state index in [1.165, 1.54) is 18.0 Å². The lowest BCUT2D eigenvalue weighted by atomic mass is 10.2. The molecule has 1 unspecified atom stereocenters. The van der Waals surface area contributed by atoms with Gasteiger partial charge in [-0.05, 0) is 0 Å². The summed E-state index contributed by atoms with van der Waals surface area (Å²) >= 11 is 5.97. The Morgan fingerprint density at radius 2 is 2.25 bits per heavy atom. The van der Waals surface area contributed by atoms with Crippen molar-refractivity contribution >= 4 is 11.6 Å². The zero-order chi connectivity index (χ0) is 15.2. The highest BCUT2D eigenvalue weighted by Gasteiger charge is 2.29. The summed E-state index contributed by atoms with van der Waals surface area (Å²) in [7, 11) is 1.52. The fourth-order valence-electron chi connectivity index (χ4n) is 1.57. The molecule has 1 aromatic rings. The Labute approximate surface area is 118 Å². The predicted octanol–water partition coefficient (Wildman–Crippen LogP) is 1.27. The Hall–Kier alpha value is -0.870. The van der Waals surface area contributed by atoms with Crippen molar-refractivity contribution in [1.29, 1.82) is 0 Å². The number of ether oxygens (including phenoxy) is 2. The number of halogens is 4. The molecule has 0 fully saturated rings. The van der Waals surface area contributed by atoms with Crippen molar-refractivity contribution in [2.45, 2.75) is 18.8 Å². The van der Waals surface area contributed by atoms with E-state index in [0.717, 1.165) is 0 Å². The first kappa shape index (κ1) is 17.2. The highest BCUT2D eigenvalue weighted by molar-refractivity contribution is 6.31. The number of aromatic nitrogens is 2. The van der Waals surface area contributed by atoms with Crippen LogP contribution in [-0.2, 0) is 16.0 Å².